The summed E-state index contributed by atoms with van der Waals surface area (Å²) in [6.45, 7) is 5.37. The molecule has 2 heterocycles. The molecule has 28 heavy (non-hydrogen) atoms. The predicted octanol–water partition coefficient (Wildman–Crippen LogP) is 4.14. The van der Waals surface area contributed by atoms with Crippen LogP contribution < -0.4 is 10.1 Å². The van der Waals surface area contributed by atoms with Gasteiger partial charge in [0.25, 0.3) is 11.8 Å². The molecule has 1 aromatic heterocycles. The first kappa shape index (κ1) is 19.9. The molecule has 148 valence electrons. The average Bonchev–Trinajstić information content (AvgIpc) is 2.75. The molecular formula is C22H27N3O3. The maximum atomic E-state index is 12.9. The fraction of sp³-hybridized carbons (Fsp3) is 0.409. The number of ether oxygens (including phenoxy) is 1. The van der Waals surface area contributed by atoms with Gasteiger partial charge in [-0.25, -0.2) is 0 Å². The highest BCUT2D eigenvalue weighted by atomic mass is 16.5. The summed E-state index contributed by atoms with van der Waals surface area (Å²) >= 11 is 0. The van der Waals surface area contributed by atoms with Gasteiger partial charge >= 0.3 is 0 Å². The van der Waals surface area contributed by atoms with Crippen LogP contribution in [-0.2, 0) is 0 Å². The Kier molecular flexibility index (Phi) is 6.63. The van der Waals surface area contributed by atoms with Gasteiger partial charge in [0.15, 0.2) is 0 Å². The van der Waals surface area contributed by atoms with E-state index in [-0.39, 0.29) is 17.9 Å². The van der Waals surface area contributed by atoms with Crippen molar-refractivity contribution in [2.24, 2.45) is 0 Å². The highest BCUT2D eigenvalue weighted by molar-refractivity contribution is 6.05. The van der Waals surface area contributed by atoms with Crippen LogP contribution >= 0.6 is 0 Å². The number of benzene rings is 1. The molecule has 1 atom stereocenters. The van der Waals surface area contributed by atoms with E-state index in [1.807, 2.05) is 24.0 Å². The van der Waals surface area contributed by atoms with E-state index in [2.05, 4.69) is 17.2 Å². The van der Waals surface area contributed by atoms with Crippen LogP contribution in [0.3, 0.4) is 0 Å². The SMILES string of the molecule is CCOc1ccc(NC(=O)c2ccnc(C(=O)N3CCCCC3CC)c2)cc1. The Morgan fingerprint density at radius 1 is 1.18 bits per heavy atom. The Morgan fingerprint density at radius 2 is 1.96 bits per heavy atom. The minimum absolute atomic E-state index is 0.0951. The molecular weight excluding hydrogens is 354 g/mol. The summed E-state index contributed by atoms with van der Waals surface area (Å²) in [7, 11) is 0. The van der Waals surface area contributed by atoms with Crippen LogP contribution in [0.1, 0.15) is 60.4 Å². The third-order valence-electron chi connectivity index (χ3n) is 5.02. The second kappa shape index (κ2) is 9.35. The normalized spacial score (nSPS) is 16.5. The first-order valence-corrected chi connectivity index (χ1v) is 9.93. The molecule has 1 N–H and O–H groups in total. The van der Waals surface area contributed by atoms with Gasteiger partial charge in [-0.05, 0) is 69.0 Å². The third kappa shape index (κ3) is 4.68. The van der Waals surface area contributed by atoms with Crippen molar-refractivity contribution in [3.8, 4) is 5.75 Å². The number of hydrogen-bond acceptors (Lipinski definition) is 4. The highest BCUT2D eigenvalue weighted by Gasteiger charge is 2.27. The molecule has 1 aliphatic heterocycles. The van der Waals surface area contributed by atoms with Gasteiger partial charge < -0.3 is 15.0 Å². The molecule has 2 amide bonds. The zero-order valence-corrected chi connectivity index (χ0v) is 16.5. The minimum atomic E-state index is -0.272. The third-order valence-corrected chi connectivity index (χ3v) is 5.02. The van der Waals surface area contributed by atoms with E-state index in [0.29, 0.717) is 23.6 Å². The van der Waals surface area contributed by atoms with E-state index in [1.165, 1.54) is 6.20 Å². The molecule has 1 aromatic carbocycles. The van der Waals surface area contributed by atoms with Crippen LogP contribution in [-0.4, -0.2) is 40.9 Å². The highest BCUT2D eigenvalue weighted by Crippen LogP contribution is 2.22. The monoisotopic (exact) mass is 381 g/mol. The van der Waals surface area contributed by atoms with Gasteiger partial charge in [-0.1, -0.05) is 6.92 Å². The molecule has 0 aliphatic carbocycles. The molecule has 0 spiro atoms. The maximum Gasteiger partial charge on any atom is 0.272 e. The van der Waals surface area contributed by atoms with Gasteiger partial charge in [-0.15, -0.1) is 0 Å². The molecule has 6 nitrogen and oxygen atoms in total. The van der Waals surface area contributed by atoms with Crippen molar-refractivity contribution in [1.82, 2.24) is 9.88 Å². The summed E-state index contributed by atoms with van der Waals surface area (Å²) in [6, 6.07) is 10.6. The second-order valence-electron chi connectivity index (χ2n) is 6.90. The Bertz CT molecular complexity index is 820. The minimum Gasteiger partial charge on any atom is -0.494 e. The quantitative estimate of drug-likeness (QED) is 0.816. The standard InChI is InChI=1S/C22H27N3O3/c1-3-18-7-5-6-14-25(18)22(27)20-15-16(12-13-23-20)21(26)24-17-8-10-19(11-9-17)28-4-2/h8-13,15,18H,3-7,14H2,1-2H3,(H,24,26). The molecule has 2 aromatic rings. The lowest BCUT2D eigenvalue weighted by atomic mass is 9.99. The summed E-state index contributed by atoms with van der Waals surface area (Å²) in [4.78, 5) is 31.6. The summed E-state index contributed by atoms with van der Waals surface area (Å²) < 4.78 is 5.40. The fourth-order valence-corrected chi connectivity index (χ4v) is 3.53. The van der Waals surface area contributed by atoms with Crippen molar-refractivity contribution in [3.63, 3.8) is 0 Å². The number of nitrogens with one attached hydrogen (secondary N) is 1. The van der Waals surface area contributed by atoms with E-state index in [0.717, 1.165) is 38.0 Å². The van der Waals surface area contributed by atoms with Crippen LogP contribution in [0.25, 0.3) is 0 Å². The van der Waals surface area contributed by atoms with Crippen LogP contribution in [0.2, 0.25) is 0 Å². The second-order valence-corrected chi connectivity index (χ2v) is 6.90. The van der Waals surface area contributed by atoms with Crippen LogP contribution in [0.15, 0.2) is 42.6 Å². The molecule has 0 saturated carbocycles. The number of piperidine rings is 1. The maximum absolute atomic E-state index is 12.9. The van der Waals surface area contributed by atoms with E-state index < -0.39 is 0 Å². The molecule has 1 fully saturated rings. The van der Waals surface area contributed by atoms with E-state index in [1.54, 1.807) is 24.3 Å². The summed E-state index contributed by atoms with van der Waals surface area (Å²) in [6.07, 6.45) is 5.65. The van der Waals surface area contributed by atoms with E-state index >= 15 is 0 Å². The lowest BCUT2D eigenvalue weighted by molar-refractivity contribution is 0.0602. The first-order chi connectivity index (χ1) is 13.6. The van der Waals surface area contributed by atoms with Gasteiger partial charge in [0.05, 0.1) is 6.61 Å². The van der Waals surface area contributed by atoms with Crippen molar-refractivity contribution >= 4 is 17.5 Å². The molecule has 0 radical (unpaired) electrons. The first-order valence-electron chi connectivity index (χ1n) is 9.93. The number of aromatic nitrogens is 1. The lowest BCUT2D eigenvalue weighted by Gasteiger charge is -2.35. The summed E-state index contributed by atoms with van der Waals surface area (Å²) in [5.41, 5.74) is 1.40. The Labute approximate surface area is 165 Å². The predicted molar refractivity (Wildman–Crippen MR) is 109 cm³/mol. The molecule has 1 unspecified atom stereocenters. The van der Waals surface area contributed by atoms with Gasteiger partial charge in [0.1, 0.15) is 11.4 Å². The summed E-state index contributed by atoms with van der Waals surface area (Å²) in [5.74, 6) is 0.387. The topological polar surface area (TPSA) is 71.5 Å². The number of nitrogens with zero attached hydrogens (tertiary/aromatic N) is 2. The molecule has 1 saturated heterocycles. The lowest BCUT2D eigenvalue weighted by Crippen LogP contribution is -2.43. The molecule has 3 rings (SSSR count). The van der Waals surface area contributed by atoms with E-state index in [9.17, 15) is 9.59 Å². The van der Waals surface area contributed by atoms with Gasteiger partial charge in [-0.3, -0.25) is 14.6 Å². The largest absolute Gasteiger partial charge is 0.494 e. The Hall–Kier alpha value is -2.89. The van der Waals surface area contributed by atoms with Crippen LogP contribution in [0.5, 0.6) is 5.75 Å². The van der Waals surface area contributed by atoms with E-state index in [4.69, 9.17) is 4.74 Å². The average molecular weight is 381 g/mol. The number of carbonyl (C=O) groups is 2. The van der Waals surface area contributed by atoms with Gasteiger partial charge in [0, 0.05) is 30.0 Å². The van der Waals surface area contributed by atoms with Crippen LogP contribution in [0.4, 0.5) is 5.69 Å². The number of anilines is 1. The molecule has 1 aliphatic rings. The number of amides is 2. The Morgan fingerprint density at radius 3 is 2.68 bits per heavy atom. The number of rotatable bonds is 6. The van der Waals surface area contributed by atoms with Crippen molar-refractivity contribution in [2.45, 2.75) is 45.6 Å². The van der Waals surface area contributed by atoms with Gasteiger partial charge in [-0.2, -0.15) is 0 Å². The van der Waals surface area contributed by atoms with Crippen molar-refractivity contribution in [2.75, 3.05) is 18.5 Å². The smallest absolute Gasteiger partial charge is 0.272 e. The van der Waals surface area contributed by atoms with Gasteiger partial charge in [0.2, 0.25) is 0 Å². The fourth-order valence-electron chi connectivity index (χ4n) is 3.53. The Balaban J connectivity index is 1.71. The molecule has 6 heteroatoms. The number of carbonyl (C=O) groups excluding carboxylic acids is 2. The van der Waals surface area contributed by atoms with Crippen molar-refractivity contribution < 1.29 is 14.3 Å². The zero-order chi connectivity index (χ0) is 19.9. The number of likely N-dealkylation sites (tertiary alicyclic amines) is 1. The summed E-state index contributed by atoms with van der Waals surface area (Å²) in [5, 5.41) is 2.85. The molecule has 0 bridgehead atoms. The number of hydrogen-bond donors (Lipinski definition) is 1. The zero-order valence-electron chi connectivity index (χ0n) is 16.5. The number of pyridine rings is 1. The van der Waals surface area contributed by atoms with Crippen molar-refractivity contribution in [1.29, 1.82) is 0 Å². The van der Waals surface area contributed by atoms with Crippen molar-refractivity contribution in [3.05, 3.63) is 53.9 Å². The van der Waals surface area contributed by atoms with Crippen LogP contribution in [0, 0.1) is 0 Å².